The summed E-state index contributed by atoms with van der Waals surface area (Å²) in [7, 11) is 1.93. The maximum atomic E-state index is 12.0. The molecule has 2 rings (SSSR count). The first-order chi connectivity index (χ1) is 8.57. The summed E-state index contributed by atoms with van der Waals surface area (Å²) in [6.07, 6.45) is 5.66. The normalized spacial score (nSPS) is 26.2. The van der Waals surface area contributed by atoms with Crippen LogP contribution in [0.15, 0.2) is 12.4 Å². The minimum atomic E-state index is -0.777. The number of hydrogen-bond donors (Lipinski definition) is 1. The van der Waals surface area contributed by atoms with E-state index in [1.54, 1.807) is 6.20 Å². The first kappa shape index (κ1) is 12.6. The predicted octanol–water partition coefficient (Wildman–Crippen LogP) is 1.02. The van der Waals surface area contributed by atoms with E-state index in [-0.39, 0.29) is 5.91 Å². The van der Waals surface area contributed by atoms with Crippen molar-refractivity contribution in [3.63, 3.8) is 0 Å². The van der Waals surface area contributed by atoms with Crippen LogP contribution in [0.1, 0.15) is 25.6 Å². The number of imidazole rings is 1. The van der Waals surface area contributed by atoms with Crippen LogP contribution in [0, 0.1) is 22.7 Å². The molecule has 0 spiro atoms. The molecule has 0 atom stereocenters. The summed E-state index contributed by atoms with van der Waals surface area (Å²) in [6.45, 7) is 2.60. The van der Waals surface area contributed by atoms with Crippen molar-refractivity contribution in [2.24, 2.45) is 18.4 Å². The molecule has 0 unspecified atom stereocenters. The van der Waals surface area contributed by atoms with E-state index in [4.69, 9.17) is 5.26 Å². The Morgan fingerprint density at radius 2 is 2.44 bits per heavy atom. The Kier molecular flexibility index (Phi) is 3.37. The summed E-state index contributed by atoms with van der Waals surface area (Å²) < 4.78 is 1.93. The molecular weight excluding hydrogens is 228 g/mol. The summed E-state index contributed by atoms with van der Waals surface area (Å²) in [4.78, 5) is 16.2. The summed E-state index contributed by atoms with van der Waals surface area (Å²) in [6, 6.07) is 2.17. The van der Waals surface area contributed by atoms with Crippen LogP contribution in [0.5, 0.6) is 0 Å². The standard InChI is InChI=1S/C13H18N4O/c1-10-7-13(8-10,9-14)12(18)16-4-3-11-15-5-6-17(11)2/h5-6,10H,3-4,7-8H2,1-2H3,(H,16,18). The average Bonchev–Trinajstić information content (AvgIpc) is 2.70. The zero-order valence-electron chi connectivity index (χ0n) is 10.8. The summed E-state index contributed by atoms with van der Waals surface area (Å²) in [5.74, 6) is 1.28. The van der Waals surface area contributed by atoms with E-state index in [0.29, 0.717) is 31.7 Å². The fourth-order valence-corrected chi connectivity index (χ4v) is 2.55. The van der Waals surface area contributed by atoms with Gasteiger partial charge in [-0.15, -0.1) is 0 Å². The number of nitriles is 1. The molecule has 96 valence electrons. The lowest BCUT2D eigenvalue weighted by atomic mass is 9.63. The Morgan fingerprint density at radius 3 is 2.94 bits per heavy atom. The van der Waals surface area contributed by atoms with Gasteiger partial charge in [0.05, 0.1) is 6.07 Å². The zero-order chi connectivity index (χ0) is 13.2. The fraction of sp³-hybridized carbons (Fsp3) is 0.615. The third-order valence-electron chi connectivity index (χ3n) is 3.60. The van der Waals surface area contributed by atoms with Gasteiger partial charge in [-0.1, -0.05) is 6.92 Å². The Balaban J connectivity index is 1.82. The highest BCUT2D eigenvalue weighted by Crippen LogP contribution is 2.44. The van der Waals surface area contributed by atoms with Gasteiger partial charge in [0.1, 0.15) is 11.2 Å². The number of hydrogen-bond acceptors (Lipinski definition) is 3. The number of amides is 1. The van der Waals surface area contributed by atoms with E-state index in [9.17, 15) is 4.79 Å². The van der Waals surface area contributed by atoms with Crippen molar-refractivity contribution in [1.82, 2.24) is 14.9 Å². The summed E-state index contributed by atoms with van der Waals surface area (Å²) in [5, 5.41) is 12.0. The molecule has 1 aromatic rings. The molecule has 1 heterocycles. The number of carbonyl (C=O) groups is 1. The Bertz CT molecular complexity index is 479. The van der Waals surface area contributed by atoms with Gasteiger partial charge in [-0.25, -0.2) is 4.98 Å². The molecule has 1 saturated carbocycles. The van der Waals surface area contributed by atoms with Crippen molar-refractivity contribution in [2.75, 3.05) is 6.54 Å². The molecule has 1 fully saturated rings. The molecule has 1 aromatic heterocycles. The van der Waals surface area contributed by atoms with Crippen molar-refractivity contribution < 1.29 is 4.79 Å². The smallest absolute Gasteiger partial charge is 0.240 e. The molecule has 1 amide bonds. The molecule has 1 N–H and O–H groups in total. The number of aryl methyl sites for hydroxylation is 1. The maximum absolute atomic E-state index is 12.0. The minimum absolute atomic E-state index is 0.127. The molecule has 0 aromatic carbocycles. The van der Waals surface area contributed by atoms with Crippen molar-refractivity contribution in [3.05, 3.63) is 18.2 Å². The number of rotatable bonds is 4. The van der Waals surface area contributed by atoms with E-state index in [2.05, 4.69) is 23.3 Å². The predicted molar refractivity (Wildman–Crippen MR) is 66.4 cm³/mol. The SMILES string of the molecule is CC1CC(C#N)(C(=O)NCCc2nccn2C)C1. The van der Waals surface area contributed by atoms with E-state index in [1.807, 2.05) is 17.8 Å². The number of nitrogens with one attached hydrogen (secondary N) is 1. The second-order valence-corrected chi connectivity index (χ2v) is 5.17. The molecule has 0 radical (unpaired) electrons. The Labute approximate surface area is 107 Å². The average molecular weight is 246 g/mol. The van der Waals surface area contributed by atoms with Crippen LogP contribution in [0.2, 0.25) is 0 Å². The van der Waals surface area contributed by atoms with Gasteiger partial charge in [0.2, 0.25) is 5.91 Å². The van der Waals surface area contributed by atoms with Crippen LogP contribution in [0.25, 0.3) is 0 Å². The maximum Gasteiger partial charge on any atom is 0.240 e. The highest BCUT2D eigenvalue weighted by molar-refractivity contribution is 5.86. The van der Waals surface area contributed by atoms with Gasteiger partial charge in [0.25, 0.3) is 0 Å². The number of nitrogens with zero attached hydrogens (tertiary/aromatic N) is 3. The molecular formula is C13H18N4O. The number of aromatic nitrogens is 2. The van der Waals surface area contributed by atoms with Crippen LogP contribution in [-0.2, 0) is 18.3 Å². The third-order valence-corrected chi connectivity index (χ3v) is 3.60. The fourth-order valence-electron chi connectivity index (χ4n) is 2.55. The van der Waals surface area contributed by atoms with Gasteiger partial charge in [0, 0.05) is 32.4 Å². The van der Waals surface area contributed by atoms with Crippen molar-refractivity contribution in [1.29, 1.82) is 5.26 Å². The zero-order valence-corrected chi connectivity index (χ0v) is 10.8. The summed E-state index contributed by atoms with van der Waals surface area (Å²) in [5.41, 5.74) is -0.777. The largest absolute Gasteiger partial charge is 0.354 e. The topological polar surface area (TPSA) is 70.7 Å². The van der Waals surface area contributed by atoms with Crippen LogP contribution < -0.4 is 5.32 Å². The van der Waals surface area contributed by atoms with E-state index >= 15 is 0 Å². The van der Waals surface area contributed by atoms with Crippen LogP contribution in [0.3, 0.4) is 0 Å². The molecule has 5 heteroatoms. The molecule has 1 aliphatic rings. The first-order valence-corrected chi connectivity index (χ1v) is 6.23. The van der Waals surface area contributed by atoms with Crippen LogP contribution >= 0.6 is 0 Å². The molecule has 0 bridgehead atoms. The first-order valence-electron chi connectivity index (χ1n) is 6.23. The van der Waals surface area contributed by atoms with E-state index < -0.39 is 5.41 Å². The van der Waals surface area contributed by atoms with Gasteiger partial charge in [-0.05, 0) is 18.8 Å². The van der Waals surface area contributed by atoms with Crippen LogP contribution in [-0.4, -0.2) is 22.0 Å². The Morgan fingerprint density at radius 1 is 1.72 bits per heavy atom. The van der Waals surface area contributed by atoms with E-state index in [1.165, 1.54) is 0 Å². The quantitative estimate of drug-likeness (QED) is 0.862. The number of carbonyl (C=O) groups excluding carboxylic acids is 1. The highest BCUT2D eigenvalue weighted by atomic mass is 16.2. The van der Waals surface area contributed by atoms with Crippen LogP contribution in [0.4, 0.5) is 0 Å². The molecule has 5 nitrogen and oxygen atoms in total. The Hall–Kier alpha value is -1.83. The van der Waals surface area contributed by atoms with Gasteiger partial charge >= 0.3 is 0 Å². The monoisotopic (exact) mass is 246 g/mol. The lowest BCUT2D eigenvalue weighted by molar-refractivity contribution is -0.133. The molecule has 0 saturated heterocycles. The van der Waals surface area contributed by atoms with Gasteiger partial charge in [-0.2, -0.15) is 5.26 Å². The van der Waals surface area contributed by atoms with Crippen molar-refractivity contribution >= 4 is 5.91 Å². The summed E-state index contributed by atoms with van der Waals surface area (Å²) >= 11 is 0. The third kappa shape index (κ3) is 2.23. The van der Waals surface area contributed by atoms with Crippen molar-refractivity contribution in [3.8, 4) is 6.07 Å². The van der Waals surface area contributed by atoms with Gasteiger partial charge < -0.3 is 9.88 Å². The second-order valence-electron chi connectivity index (χ2n) is 5.17. The molecule has 1 aliphatic carbocycles. The molecule has 0 aliphatic heterocycles. The lowest BCUT2D eigenvalue weighted by Gasteiger charge is -2.39. The molecule has 18 heavy (non-hydrogen) atoms. The highest BCUT2D eigenvalue weighted by Gasteiger charge is 2.48. The van der Waals surface area contributed by atoms with E-state index in [0.717, 1.165) is 5.82 Å². The van der Waals surface area contributed by atoms with Gasteiger partial charge in [0.15, 0.2) is 0 Å². The lowest BCUT2D eigenvalue weighted by Crippen LogP contribution is -2.48. The van der Waals surface area contributed by atoms with Crippen molar-refractivity contribution in [2.45, 2.75) is 26.2 Å². The minimum Gasteiger partial charge on any atom is -0.354 e. The second kappa shape index (κ2) is 4.81. The van der Waals surface area contributed by atoms with Gasteiger partial charge in [-0.3, -0.25) is 4.79 Å².